The van der Waals surface area contributed by atoms with E-state index in [0.717, 1.165) is 12.3 Å². The topological polar surface area (TPSA) is 29.5 Å². The highest BCUT2D eigenvalue weighted by Gasteiger charge is 2.12. The molecule has 1 N–H and O–H groups in total. The average molecular weight is 216 g/mol. The average Bonchev–Trinajstić information content (AvgIpc) is 2.25. The molecule has 0 amide bonds. The molecular weight excluding hydrogens is 195 g/mol. The van der Waals surface area contributed by atoms with E-state index in [-0.39, 0.29) is 0 Å². The van der Waals surface area contributed by atoms with E-state index < -0.39 is 8.38 Å². The van der Waals surface area contributed by atoms with Gasteiger partial charge in [0.2, 0.25) is 0 Å². The summed E-state index contributed by atoms with van der Waals surface area (Å²) >= 11 is 0. The van der Waals surface area contributed by atoms with Crippen LogP contribution in [0.2, 0.25) is 0 Å². The summed E-state index contributed by atoms with van der Waals surface area (Å²) in [6.07, 6.45) is 9.38. The predicted octanol–water partition coefficient (Wildman–Crippen LogP) is 3.81. The molecule has 1 rings (SSSR count). The van der Waals surface area contributed by atoms with Crippen molar-refractivity contribution in [2.24, 2.45) is 5.92 Å². The lowest BCUT2D eigenvalue weighted by Gasteiger charge is -2.21. The SMILES string of the molecule is C=CP(O)OCCCC1CCCCC1. The first-order valence-electron chi connectivity index (χ1n) is 5.56. The third-order valence-corrected chi connectivity index (χ3v) is 3.62. The molecule has 14 heavy (non-hydrogen) atoms. The maximum atomic E-state index is 9.12. The summed E-state index contributed by atoms with van der Waals surface area (Å²) in [6.45, 7) is 4.17. The summed E-state index contributed by atoms with van der Waals surface area (Å²) in [5.41, 5.74) is 0. The summed E-state index contributed by atoms with van der Waals surface area (Å²) in [6, 6.07) is 0. The van der Waals surface area contributed by atoms with Gasteiger partial charge in [-0.05, 0) is 24.6 Å². The van der Waals surface area contributed by atoms with Gasteiger partial charge in [0.1, 0.15) is 0 Å². The van der Waals surface area contributed by atoms with Gasteiger partial charge >= 0.3 is 0 Å². The van der Waals surface area contributed by atoms with Gasteiger partial charge in [-0.2, -0.15) is 0 Å². The van der Waals surface area contributed by atoms with Crippen LogP contribution >= 0.6 is 8.38 Å². The Bertz CT molecular complexity index is 155. The van der Waals surface area contributed by atoms with Crippen molar-refractivity contribution < 1.29 is 9.42 Å². The Morgan fingerprint density at radius 2 is 2.07 bits per heavy atom. The van der Waals surface area contributed by atoms with Crippen LogP contribution < -0.4 is 0 Å². The Morgan fingerprint density at radius 1 is 1.36 bits per heavy atom. The van der Waals surface area contributed by atoms with Gasteiger partial charge in [0.15, 0.2) is 8.38 Å². The number of rotatable bonds is 6. The highest BCUT2D eigenvalue weighted by molar-refractivity contribution is 7.49. The largest absolute Gasteiger partial charge is 0.347 e. The highest BCUT2D eigenvalue weighted by atomic mass is 31.2. The van der Waals surface area contributed by atoms with E-state index in [9.17, 15) is 0 Å². The molecule has 0 radical (unpaired) electrons. The molecule has 0 spiro atoms. The van der Waals surface area contributed by atoms with Crippen LogP contribution in [0.4, 0.5) is 0 Å². The number of hydrogen-bond donors (Lipinski definition) is 1. The minimum atomic E-state index is -1.34. The van der Waals surface area contributed by atoms with Gasteiger partial charge in [-0.15, -0.1) is 0 Å². The fraction of sp³-hybridized carbons (Fsp3) is 0.818. The molecule has 0 aliphatic heterocycles. The Morgan fingerprint density at radius 3 is 2.71 bits per heavy atom. The normalized spacial score (nSPS) is 20.6. The molecule has 3 heteroatoms. The molecular formula is C11H21O2P. The van der Waals surface area contributed by atoms with Gasteiger partial charge in [0, 0.05) is 0 Å². The minimum Gasteiger partial charge on any atom is -0.347 e. The maximum Gasteiger partial charge on any atom is 0.193 e. The summed E-state index contributed by atoms with van der Waals surface area (Å²) in [5.74, 6) is 2.40. The van der Waals surface area contributed by atoms with Crippen LogP contribution in [0.3, 0.4) is 0 Å². The summed E-state index contributed by atoms with van der Waals surface area (Å²) in [5, 5.41) is 0. The van der Waals surface area contributed by atoms with Crippen LogP contribution in [0.5, 0.6) is 0 Å². The summed E-state index contributed by atoms with van der Waals surface area (Å²) in [7, 11) is -1.34. The van der Waals surface area contributed by atoms with E-state index in [1.807, 2.05) is 0 Å². The van der Waals surface area contributed by atoms with Crippen LogP contribution in [-0.2, 0) is 4.52 Å². The molecule has 1 unspecified atom stereocenters. The monoisotopic (exact) mass is 216 g/mol. The second kappa shape index (κ2) is 7.39. The number of hydrogen-bond acceptors (Lipinski definition) is 2. The van der Waals surface area contributed by atoms with Crippen molar-refractivity contribution in [1.82, 2.24) is 0 Å². The zero-order valence-electron chi connectivity index (χ0n) is 8.82. The first-order valence-corrected chi connectivity index (χ1v) is 6.84. The molecule has 2 nitrogen and oxygen atoms in total. The first kappa shape index (κ1) is 12.2. The van der Waals surface area contributed by atoms with Crippen molar-refractivity contribution >= 4 is 8.38 Å². The highest BCUT2D eigenvalue weighted by Crippen LogP contribution is 2.33. The molecule has 0 bridgehead atoms. The van der Waals surface area contributed by atoms with E-state index in [1.165, 1.54) is 44.3 Å². The summed E-state index contributed by atoms with van der Waals surface area (Å²) < 4.78 is 5.18. The van der Waals surface area contributed by atoms with Gasteiger partial charge in [0.05, 0.1) is 6.61 Å². The third kappa shape index (κ3) is 5.09. The van der Waals surface area contributed by atoms with Gasteiger partial charge in [0.25, 0.3) is 0 Å². The molecule has 0 heterocycles. The van der Waals surface area contributed by atoms with Crippen molar-refractivity contribution in [3.05, 3.63) is 12.4 Å². The van der Waals surface area contributed by atoms with Crippen molar-refractivity contribution in [3.63, 3.8) is 0 Å². The lowest BCUT2D eigenvalue weighted by atomic mass is 9.86. The smallest absolute Gasteiger partial charge is 0.193 e. The molecule has 1 fully saturated rings. The second-order valence-corrected chi connectivity index (χ2v) is 5.19. The third-order valence-electron chi connectivity index (χ3n) is 2.86. The minimum absolute atomic E-state index is 0.685. The van der Waals surface area contributed by atoms with Gasteiger partial charge < -0.3 is 9.42 Å². The Kier molecular flexibility index (Phi) is 6.42. The maximum absolute atomic E-state index is 9.12. The molecule has 0 aromatic rings. The molecule has 1 aliphatic rings. The van der Waals surface area contributed by atoms with Crippen molar-refractivity contribution in [2.75, 3.05) is 6.61 Å². The Hall–Kier alpha value is 0.0900. The van der Waals surface area contributed by atoms with Crippen molar-refractivity contribution in [1.29, 1.82) is 0 Å². The molecule has 1 saturated carbocycles. The van der Waals surface area contributed by atoms with Crippen LogP contribution in [0.25, 0.3) is 0 Å². The van der Waals surface area contributed by atoms with Gasteiger partial charge in [-0.25, -0.2) is 0 Å². The van der Waals surface area contributed by atoms with Crippen molar-refractivity contribution in [3.8, 4) is 0 Å². The van der Waals surface area contributed by atoms with Crippen LogP contribution in [0.1, 0.15) is 44.9 Å². The van der Waals surface area contributed by atoms with E-state index in [1.54, 1.807) is 0 Å². The van der Waals surface area contributed by atoms with Crippen molar-refractivity contribution in [2.45, 2.75) is 44.9 Å². The summed E-state index contributed by atoms with van der Waals surface area (Å²) in [4.78, 5) is 9.12. The molecule has 0 aromatic heterocycles. The predicted molar refractivity (Wildman–Crippen MR) is 61.1 cm³/mol. The zero-order valence-corrected chi connectivity index (χ0v) is 9.72. The molecule has 0 saturated heterocycles. The van der Waals surface area contributed by atoms with Crippen LogP contribution in [0.15, 0.2) is 12.4 Å². The quantitative estimate of drug-likeness (QED) is 0.540. The van der Waals surface area contributed by atoms with E-state index in [0.29, 0.717) is 6.61 Å². The fourth-order valence-corrected chi connectivity index (χ4v) is 2.48. The van der Waals surface area contributed by atoms with E-state index >= 15 is 0 Å². The lowest BCUT2D eigenvalue weighted by Crippen LogP contribution is -2.06. The van der Waals surface area contributed by atoms with E-state index in [2.05, 4.69) is 6.58 Å². The standard InChI is InChI=1S/C11H21O2P/c1-2-14(12)13-10-6-9-11-7-4-3-5-8-11/h2,11-12H,1,3-10H2. The fourth-order valence-electron chi connectivity index (χ4n) is 2.06. The van der Waals surface area contributed by atoms with Gasteiger partial charge in [-0.1, -0.05) is 38.7 Å². The molecule has 1 aliphatic carbocycles. The molecule has 0 aromatic carbocycles. The van der Waals surface area contributed by atoms with Crippen LogP contribution in [0, 0.1) is 5.92 Å². The molecule has 1 atom stereocenters. The Labute approximate surface area is 88.3 Å². The lowest BCUT2D eigenvalue weighted by molar-refractivity contribution is 0.270. The van der Waals surface area contributed by atoms with Crippen LogP contribution in [-0.4, -0.2) is 11.5 Å². The Balaban J connectivity index is 1.94. The first-order chi connectivity index (χ1) is 6.83. The van der Waals surface area contributed by atoms with E-state index in [4.69, 9.17) is 9.42 Å². The molecule has 82 valence electrons. The second-order valence-electron chi connectivity index (χ2n) is 3.96. The zero-order chi connectivity index (χ0) is 10.2. The van der Waals surface area contributed by atoms with Gasteiger partial charge in [-0.3, -0.25) is 0 Å².